The standard InChI is InChI=1S/C15H15N3O3/c19-14(20)11-21-18-15(16-12-7-3-1-4-8-12)17-13-9-5-2-6-10-13/h1-10H,11H2,(H,19,20)(H2,16,17,18). The Hall–Kier alpha value is -2.86. The molecule has 2 aromatic carbocycles. The summed E-state index contributed by atoms with van der Waals surface area (Å²) in [6.45, 7) is -0.468. The fourth-order valence-electron chi connectivity index (χ4n) is 1.53. The molecule has 0 spiro atoms. The third-order valence-corrected chi connectivity index (χ3v) is 2.40. The molecule has 0 amide bonds. The van der Waals surface area contributed by atoms with Crippen molar-refractivity contribution in [3.05, 3.63) is 60.7 Å². The van der Waals surface area contributed by atoms with E-state index in [0.717, 1.165) is 5.69 Å². The number of nitrogens with zero attached hydrogens (tertiary/aromatic N) is 1. The first-order valence-corrected chi connectivity index (χ1v) is 6.29. The van der Waals surface area contributed by atoms with Gasteiger partial charge >= 0.3 is 5.97 Å². The lowest BCUT2D eigenvalue weighted by Gasteiger charge is -2.11. The summed E-state index contributed by atoms with van der Waals surface area (Å²) in [4.78, 5) is 19.7. The van der Waals surface area contributed by atoms with Crippen LogP contribution in [0.4, 0.5) is 11.4 Å². The second kappa shape index (κ2) is 7.66. The molecule has 0 aliphatic carbocycles. The molecule has 0 unspecified atom stereocenters. The Bertz CT molecular complexity index is 600. The Kier molecular flexibility index (Phi) is 5.31. The summed E-state index contributed by atoms with van der Waals surface area (Å²) in [5.74, 6) is -0.769. The maximum absolute atomic E-state index is 10.5. The van der Waals surface area contributed by atoms with Crippen LogP contribution in [0.25, 0.3) is 0 Å². The van der Waals surface area contributed by atoms with Gasteiger partial charge in [-0.1, -0.05) is 36.4 Å². The Morgan fingerprint density at radius 2 is 1.67 bits per heavy atom. The van der Waals surface area contributed by atoms with Crippen LogP contribution >= 0.6 is 0 Å². The molecule has 0 aliphatic rings. The van der Waals surface area contributed by atoms with Gasteiger partial charge in [-0.2, -0.15) is 0 Å². The maximum Gasteiger partial charge on any atom is 0.332 e. The number of rotatable bonds is 5. The first-order valence-electron chi connectivity index (χ1n) is 6.29. The van der Waals surface area contributed by atoms with Crippen LogP contribution in [0.15, 0.2) is 65.7 Å². The highest BCUT2D eigenvalue weighted by Crippen LogP contribution is 2.11. The largest absolute Gasteiger partial charge is 0.479 e. The number of hydrogen-bond acceptors (Lipinski definition) is 3. The molecule has 0 atom stereocenters. The van der Waals surface area contributed by atoms with Crippen molar-refractivity contribution in [2.75, 3.05) is 11.9 Å². The molecule has 108 valence electrons. The average molecular weight is 285 g/mol. The molecular weight excluding hydrogens is 270 g/mol. The lowest BCUT2D eigenvalue weighted by atomic mass is 10.3. The van der Waals surface area contributed by atoms with Gasteiger partial charge in [0, 0.05) is 5.69 Å². The number of carboxylic acid groups (broad SMARTS) is 1. The maximum atomic E-state index is 10.5. The van der Waals surface area contributed by atoms with Gasteiger partial charge in [-0.25, -0.2) is 15.3 Å². The Balaban J connectivity index is 2.10. The smallest absolute Gasteiger partial charge is 0.332 e. The van der Waals surface area contributed by atoms with Crippen molar-refractivity contribution in [2.24, 2.45) is 4.99 Å². The van der Waals surface area contributed by atoms with E-state index in [1.165, 1.54) is 0 Å². The third-order valence-electron chi connectivity index (χ3n) is 2.40. The second-order valence-corrected chi connectivity index (χ2v) is 4.07. The average Bonchev–Trinajstić information content (AvgIpc) is 2.49. The molecule has 6 heteroatoms. The molecule has 0 bridgehead atoms. The van der Waals surface area contributed by atoms with Crippen LogP contribution in [0.1, 0.15) is 0 Å². The van der Waals surface area contributed by atoms with E-state index in [2.05, 4.69) is 15.8 Å². The van der Waals surface area contributed by atoms with Crippen LogP contribution in [-0.4, -0.2) is 23.6 Å². The van der Waals surface area contributed by atoms with Crippen molar-refractivity contribution in [1.29, 1.82) is 0 Å². The van der Waals surface area contributed by atoms with Crippen molar-refractivity contribution in [1.82, 2.24) is 5.48 Å². The Labute approximate surface area is 122 Å². The number of guanidine groups is 1. The number of aliphatic imine (C=N–C) groups is 1. The molecule has 2 aromatic rings. The number of anilines is 1. The normalized spacial score (nSPS) is 11.0. The first kappa shape index (κ1) is 14.5. The lowest BCUT2D eigenvalue weighted by molar-refractivity contribution is -0.143. The molecule has 2 rings (SSSR count). The second-order valence-electron chi connectivity index (χ2n) is 4.07. The number of nitrogens with one attached hydrogen (secondary N) is 2. The van der Waals surface area contributed by atoms with Gasteiger partial charge in [-0.05, 0) is 24.3 Å². The van der Waals surface area contributed by atoms with Gasteiger partial charge in [0.1, 0.15) is 0 Å². The predicted molar refractivity (Wildman–Crippen MR) is 80.3 cm³/mol. The van der Waals surface area contributed by atoms with Crippen LogP contribution in [-0.2, 0) is 9.63 Å². The quantitative estimate of drug-likeness (QED) is 0.446. The fourth-order valence-corrected chi connectivity index (χ4v) is 1.53. The van der Waals surface area contributed by atoms with E-state index in [1.54, 1.807) is 0 Å². The highest BCUT2D eigenvalue weighted by atomic mass is 16.7. The lowest BCUT2D eigenvalue weighted by Crippen LogP contribution is -2.32. The van der Waals surface area contributed by atoms with Crippen LogP contribution in [0.5, 0.6) is 0 Å². The zero-order chi connectivity index (χ0) is 14.9. The third kappa shape index (κ3) is 5.33. The predicted octanol–water partition coefficient (Wildman–Crippen LogP) is 2.39. The summed E-state index contributed by atoms with van der Waals surface area (Å²) >= 11 is 0. The summed E-state index contributed by atoms with van der Waals surface area (Å²) in [5.41, 5.74) is 4.02. The van der Waals surface area contributed by atoms with E-state index in [4.69, 9.17) is 9.94 Å². The molecule has 0 saturated heterocycles. The monoisotopic (exact) mass is 285 g/mol. The number of hydroxylamine groups is 1. The topological polar surface area (TPSA) is 83.0 Å². The van der Waals surface area contributed by atoms with Gasteiger partial charge in [0.2, 0.25) is 5.96 Å². The highest BCUT2D eigenvalue weighted by molar-refractivity contribution is 5.94. The number of benzene rings is 2. The molecule has 0 saturated carbocycles. The summed E-state index contributed by atoms with van der Waals surface area (Å²) in [6.07, 6.45) is 0. The minimum absolute atomic E-state index is 0.300. The van der Waals surface area contributed by atoms with E-state index in [9.17, 15) is 4.79 Å². The van der Waals surface area contributed by atoms with Gasteiger partial charge in [0.05, 0.1) is 5.69 Å². The van der Waals surface area contributed by atoms with Crippen LogP contribution < -0.4 is 10.8 Å². The van der Waals surface area contributed by atoms with E-state index in [1.807, 2.05) is 60.7 Å². The van der Waals surface area contributed by atoms with Crippen molar-refractivity contribution in [3.8, 4) is 0 Å². The molecule has 21 heavy (non-hydrogen) atoms. The Morgan fingerprint density at radius 3 is 2.29 bits per heavy atom. The number of para-hydroxylation sites is 2. The van der Waals surface area contributed by atoms with Crippen molar-refractivity contribution in [2.45, 2.75) is 0 Å². The number of aliphatic carboxylic acids is 1. The molecule has 6 nitrogen and oxygen atoms in total. The van der Waals surface area contributed by atoms with Crippen molar-refractivity contribution < 1.29 is 14.7 Å². The molecule has 0 radical (unpaired) electrons. The van der Waals surface area contributed by atoms with E-state index in [0.29, 0.717) is 11.6 Å². The summed E-state index contributed by atoms with van der Waals surface area (Å²) in [6, 6.07) is 18.6. The van der Waals surface area contributed by atoms with Crippen molar-refractivity contribution in [3.63, 3.8) is 0 Å². The summed E-state index contributed by atoms with van der Waals surface area (Å²) < 4.78 is 0. The van der Waals surface area contributed by atoms with Gasteiger partial charge < -0.3 is 10.4 Å². The fraction of sp³-hybridized carbons (Fsp3) is 0.0667. The summed E-state index contributed by atoms with van der Waals surface area (Å²) in [5, 5.41) is 11.6. The number of hydrogen-bond donors (Lipinski definition) is 3. The zero-order valence-electron chi connectivity index (χ0n) is 11.2. The van der Waals surface area contributed by atoms with Gasteiger partial charge in [0.15, 0.2) is 6.61 Å². The van der Waals surface area contributed by atoms with Crippen LogP contribution in [0, 0.1) is 0 Å². The molecule has 3 N–H and O–H groups in total. The zero-order valence-corrected chi connectivity index (χ0v) is 11.2. The van der Waals surface area contributed by atoms with E-state index >= 15 is 0 Å². The van der Waals surface area contributed by atoms with Crippen LogP contribution in [0.3, 0.4) is 0 Å². The van der Waals surface area contributed by atoms with E-state index < -0.39 is 12.6 Å². The minimum atomic E-state index is -1.07. The number of carboxylic acids is 1. The molecule has 0 fully saturated rings. The van der Waals surface area contributed by atoms with Crippen molar-refractivity contribution >= 4 is 23.3 Å². The van der Waals surface area contributed by atoms with Gasteiger partial charge in [0.25, 0.3) is 0 Å². The van der Waals surface area contributed by atoms with E-state index in [-0.39, 0.29) is 0 Å². The molecule has 0 aliphatic heterocycles. The Morgan fingerprint density at radius 1 is 1.05 bits per heavy atom. The first-order chi connectivity index (χ1) is 10.2. The molecular formula is C15H15N3O3. The minimum Gasteiger partial charge on any atom is -0.479 e. The highest BCUT2D eigenvalue weighted by Gasteiger charge is 2.03. The molecule has 0 aromatic heterocycles. The summed E-state index contributed by atoms with van der Waals surface area (Å²) in [7, 11) is 0. The van der Waals surface area contributed by atoms with Gasteiger partial charge in [-0.15, -0.1) is 0 Å². The number of carbonyl (C=O) groups is 1. The SMILES string of the molecule is O=C(O)CONC(=Nc1ccccc1)Nc1ccccc1. The van der Waals surface area contributed by atoms with Gasteiger partial charge in [-0.3, -0.25) is 4.84 Å². The molecule has 0 heterocycles. The van der Waals surface area contributed by atoms with Crippen LogP contribution in [0.2, 0.25) is 0 Å².